The van der Waals surface area contributed by atoms with Crippen LogP contribution in [0.25, 0.3) is 0 Å². The molecule has 1 heterocycles. The molecular weight excluding hydrogens is 140 g/mol. The number of nitrogens with two attached hydrogens (primary N) is 1. The highest BCUT2D eigenvalue weighted by Gasteiger charge is 2.16. The van der Waals surface area contributed by atoms with E-state index in [0.29, 0.717) is 12.5 Å². The van der Waals surface area contributed by atoms with Gasteiger partial charge >= 0.3 is 0 Å². The van der Waals surface area contributed by atoms with Crippen LogP contribution in [0.4, 0.5) is 0 Å². The molecule has 0 bridgehead atoms. The van der Waals surface area contributed by atoms with Crippen molar-refractivity contribution >= 4 is 5.91 Å². The molecule has 1 atom stereocenters. The first kappa shape index (κ1) is 8.53. The van der Waals surface area contributed by atoms with Gasteiger partial charge in [0.1, 0.15) is 0 Å². The first-order valence-corrected chi connectivity index (χ1v) is 4.44. The van der Waals surface area contributed by atoms with E-state index in [9.17, 15) is 4.79 Å². The van der Waals surface area contributed by atoms with Gasteiger partial charge in [-0.3, -0.25) is 4.79 Å². The third-order valence-electron chi connectivity index (χ3n) is 2.10. The molecule has 1 fully saturated rings. The van der Waals surface area contributed by atoms with Crippen LogP contribution < -0.4 is 10.6 Å². The number of rotatable bonds is 2. The van der Waals surface area contributed by atoms with Crippen molar-refractivity contribution < 1.29 is 10.1 Å². The van der Waals surface area contributed by atoms with Crippen molar-refractivity contribution in [2.45, 2.75) is 32.2 Å². The molecule has 0 saturated carbocycles. The number of amides is 1. The quantitative estimate of drug-likeness (QED) is 0.543. The second kappa shape index (κ2) is 4.34. The van der Waals surface area contributed by atoms with Crippen LogP contribution >= 0.6 is 0 Å². The molecule has 3 N–H and O–H groups in total. The number of carbonyl (C=O) groups excluding carboxylic acids is 1. The van der Waals surface area contributed by atoms with E-state index in [4.69, 9.17) is 0 Å². The van der Waals surface area contributed by atoms with E-state index in [0.717, 1.165) is 13.0 Å². The van der Waals surface area contributed by atoms with E-state index in [1.54, 1.807) is 0 Å². The van der Waals surface area contributed by atoms with Crippen molar-refractivity contribution in [2.24, 2.45) is 0 Å². The van der Waals surface area contributed by atoms with E-state index < -0.39 is 0 Å². The molecule has 3 heteroatoms. The number of hydrogen-bond acceptors (Lipinski definition) is 1. The van der Waals surface area contributed by atoms with E-state index in [-0.39, 0.29) is 5.91 Å². The van der Waals surface area contributed by atoms with Gasteiger partial charge in [-0.1, -0.05) is 6.92 Å². The van der Waals surface area contributed by atoms with Crippen molar-refractivity contribution in [1.82, 2.24) is 5.32 Å². The molecule has 0 unspecified atom stereocenters. The largest absolute Gasteiger partial charge is 0.348 e. The molecule has 1 saturated heterocycles. The van der Waals surface area contributed by atoms with Gasteiger partial charge in [0.2, 0.25) is 5.91 Å². The lowest BCUT2D eigenvalue weighted by atomic mass is 10.1. The van der Waals surface area contributed by atoms with Gasteiger partial charge in [0.25, 0.3) is 0 Å². The summed E-state index contributed by atoms with van der Waals surface area (Å²) in [4.78, 5) is 11.0. The van der Waals surface area contributed by atoms with Crippen molar-refractivity contribution in [1.29, 1.82) is 0 Å². The van der Waals surface area contributed by atoms with Crippen LogP contribution in [0.2, 0.25) is 0 Å². The predicted octanol–water partition coefficient (Wildman–Crippen LogP) is -0.762. The van der Waals surface area contributed by atoms with Crippen LogP contribution in [0.3, 0.4) is 0 Å². The van der Waals surface area contributed by atoms with Crippen LogP contribution in [0.15, 0.2) is 0 Å². The topological polar surface area (TPSA) is 45.7 Å². The molecule has 0 spiro atoms. The Balaban J connectivity index is 2.19. The smallest absolute Gasteiger partial charge is 0.220 e. The first-order valence-electron chi connectivity index (χ1n) is 4.44. The summed E-state index contributed by atoms with van der Waals surface area (Å²) < 4.78 is 0. The Morgan fingerprint density at radius 3 is 3.09 bits per heavy atom. The summed E-state index contributed by atoms with van der Waals surface area (Å²) >= 11 is 0. The van der Waals surface area contributed by atoms with Crippen LogP contribution in [-0.2, 0) is 4.79 Å². The molecule has 1 aliphatic rings. The lowest BCUT2D eigenvalue weighted by Crippen LogP contribution is -2.89. The molecule has 1 aliphatic heterocycles. The monoisotopic (exact) mass is 157 g/mol. The molecule has 0 aromatic carbocycles. The number of piperidine rings is 1. The van der Waals surface area contributed by atoms with Crippen molar-refractivity contribution in [3.63, 3.8) is 0 Å². The molecule has 0 radical (unpaired) electrons. The minimum absolute atomic E-state index is 0.185. The molecule has 0 aromatic heterocycles. The van der Waals surface area contributed by atoms with Crippen molar-refractivity contribution in [3.8, 4) is 0 Å². The van der Waals surface area contributed by atoms with E-state index in [2.05, 4.69) is 10.6 Å². The van der Waals surface area contributed by atoms with E-state index in [1.165, 1.54) is 13.0 Å². The summed E-state index contributed by atoms with van der Waals surface area (Å²) in [6, 6.07) is 0.427. The van der Waals surface area contributed by atoms with Gasteiger partial charge in [0.05, 0.1) is 19.1 Å². The highest BCUT2D eigenvalue weighted by Crippen LogP contribution is 1.96. The summed E-state index contributed by atoms with van der Waals surface area (Å²) in [5, 5.41) is 5.27. The van der Waals surface area contributed by atoms with Crippen LogP contribution in [0.5, 0.6) is 0 Å². The fraction of sp³-hybridized carbons (Fsp3) is 0.875. The molecule has 0 aliphatic carbocycles. The van der Waals surface area contributed by atoms with Crippen LogP contribution in [0, 0.1) is 0 Å². The Hall–Kier alpha value is -0.570. The predicted molar refractivity (Wildman–Crippen MR) is 43.1 cm³/mol. The number of carbonyl (C=O) groups is 1. The Bertz CT molecular complexity index is 130. The lowest BCUT2D eigenvalue weighted by Gasteiger charge is -2.20. The molecule has 1 rings (SSSR count). The normalized spacial score (nSPS) is 24.6. The Labute approximate surface area is 67.5 Å². The van der Waals surface area contributed by atoms with Gasteiger partial charge in [-0.15, -0.1) is 0 Å². The Morgan fingerprint density at radius 2 is 2.55 bits per heavy atom. The summed E-state index contributed by atoms with van der Waals surface area (Å²) in [7, 11) is 0. The second-order valence-electron chi connectivity index (χ2n) is 3.07. The zero-order valence-electron chi connectivity index (χ0n) is 7.10. The van der Waals surface area contributed by atoms with Gasteiger partial charge in [-0.2, -0.15) is 0 Å². The maximum atomic E-state index is 11.0. The van der Waals surface area contributed by atoms with Crippen molar-refractivity contribution in [3.05, 3.63) is 0 Å². The van der Waals surface area contributed by atoms with Crippen LogP contribution in [0.1, 0.15) is 26.2 Å². The minimum atomic E-state index is 0.185. The fourth-order valence-electron chi connectivity index (χ4n) is 1.41. The first-order chi connectivity index (χ1) is 5.33. The van der Waals surface area contributed by atoms with Gasteiger partial charge in [-0.25, -0.2) is 0 Å². The average molecular weight is 157 g/mol. The molecule has 64 valence electrons. The summed E-state index contributed by atoms with van der Waals surface area (Å²) in [6.45, 7) is 4.17. The molecular formula is C8H17N2O+. The maximum absolute atomic E-state index is 11.0. The number of quaternary nitrogens is 1. The molecule has 3 nitrogen and oxygen atoms in total. The zero-order valence-corrected chi connectivity index (χ0v) is 7.10. The zero-order chi connectivity index (χ0) is 8.10. The fourth-order valence-corrected chi connectivity index (χ4v) is 1.41. The molecule has 1 amide bonds. The van der Waals surface area contributed by atoms with Crippen LogP contribution in [-0.4, -0.2) is 25.0 Å². The highest BCUT2D eigenvalue weighted by atomic mass is 16.1. The standard InChI is InChI=1S/C8H16N2O/c1-2-8(11)10-7-4-3-5-9-6-7/h7,9H,2-6H2,1H3,(H,10,11)/p+1/t7-/m0/s1. The number of nitrogens with one attached hydrogen (secondary N) is 1. The summed E-state index contributed by atoms with van der Waals surface area (Å²) in [6.07, 6.45) is 2.99. The van der Waals surface area contributed by atoms with Crippen molar-refractivity contribution in [2.75, 3.05) is 13.1 Å². The second-order valence-corrected chi connectivity index (χ2v) is 3.07. The van der Waals surface area contributed by atoms with Gasteiger partial charge < -0.3 is 10.6 Å². The minimum Gasteiger partial charge on any atom is -0.348 e. The lowest BCUT2D eigenvalue weighted by molar-refractivity contribution is -0.664. The maximum Gasteiger partial charge on any atom is 0.220 e. The molecule has 11 heavy (non-hydrogen) atoms. The summed E-state index contributed by atoms with van der Waals surface area (Å²) in [5.41, 5.74) is 0. The Kier molecular flexibility index (Phi) is 3.36. The van der Waals surface area contributed by atoms with E-state index >= 15 is 0 Å². The highest BCUT2D eigenvalue weighted by molar-refractivity contribution is 5.75. The Morgan fingerprint density at radius 1 is 1.73 bits per heavy atom. The van der Waals surface area contributed by atoms with Gasteiger partial charge in [0.15, 0.2) is 0 Å². The average Bonchev–Trinajstić information content (AvgIpc) is 2.06. The SMILES string of the molecule is CCC(=O)N[C@H]1CCC[NH2+]C1. The summed E-state index contributed by atoms with van der Waals surface area (Å²) in [5.74, 6) is 0.185. The third kappa shape index (κ3) is 2.89. The van der Waals surface area contributed by atoms with Gasteiger partial charge in [-0.05, 0) is 12.8 Å². The van der Waals surface area contributed by atoms with Gasteiger partial charge in [0, 0.05) is 6.42 Å². The third-order valence-corrected chi connectivity index (χ3v) is 2.10. The molecule has 0 aromatic rings. The number of hydrogen-bond donors (Lipinski definition) is 2. The van der Waals surface area contributed by atoms with E-state index in [1.807, 2.05) is 6.92 Å².